The number of hydrazone groups is 1. The van der Waals surface area contributed by atoms with Crippen LogP contribution in [0.4, 0.5) is 4.39 Å². The third kappa shape index (κ3) is 4.70. The summed E-state index contributed by atoms with van der Waals surface area (Å²) >= 11 is 0. The van der Waals surface area contributed by atoms with E-state index in [2.05, 4.69) is 53.9 Å². The molecule has 0 radical (unpaired) electrons. The summed E-state index contributed by atoms with van der Waals surface area (Å²) in [5, 5.41) is 6.26. The van der Waals surface area contributed by atoms with Gasteiger partial charge in [-0.25, -0.2) is 9.40 Å². The van der Waals surface area contributed by atoms with E-state index in [4.69, 9.17) is 0 Å². The molecule has 6 heteroatoms. The van der Waals surface area contributed by atoms with Crippen molar-refractivity contribution in [2.75, 3.05) is 39.3 Å². The van der Waals surface area contributed by atoms with Gasteiger partial charge in [-0.3, -0.25) is 9.69 Å². The van der Waals surface area contributed by atoms with Gasteiger partial charge in [-0.1, -0.05) is 48.9 Å². The van der Waals surface area contributed by atoms with Crippen molar-refractivity contribution in [3.8, 4) is 0 Å². The predicted molar refractivity (Wildman–Crippen MR) is 122 cm³/mol. The van der Waals surface area contributed by atoms with Gasteiger partial charge in [0, 0.05) is 38.2 Å². The first-order valence-corrected chi connectivity index (χ1v) is 11.1. The van der Waals surface area contributed by atoms with Gasteiger partial charge in [-0.05, 0) is 37.6 Å². The van der Waals surface area contributed by atoms with Crippen LogP contribution in [0.1, 0.15) is 41.6 Å². The SMILES string of the molecule is CCN1CCN(CC(=O)N2N=C(c3ccccc3F)C[C@@H]2c2ccc(C)cc2C)CC1. The zero-order valence-electron chi connectivity index (χ0n) is 18.6. The standard InChI is InChI=1S/C25H31FN4O/c1-4-28-11-13-29(14-12-28)17-25(31)30-24(20-10-9-18(2)15-19(20)3)16-23(27-30)21-7-5-6-8-22(21)26/h5-10,15,24H,4,11-14,16-17H2,1-3H3/t24-/m1/s1. The lowest BCUT2D eigenvalue weighted by Gasteiger charge is -2.34. The molecule has 0 aliphatic carbocycles. The Hall–Kier alpha value is -2.57. The lowest BCUT2D eigenvalue weighted by molar-refractivity contribution is -0.134. The van der Waals surface area contributed by atoms with Crippen molar-refractivity contribution in [1.29, 1.82) is 0 Å². The van der Waals surface area contributed by atoms with Gasteiger partial charge in [0.15, 0.2) is 0 Å². The highest BCUT2D eigenvalue weighted by atomic mass is 19.1. The number of amides is 1. The second kappa shape index (κ2) is 9.28. The number of carbonyl (C=O) groups excluding carboxylic acids is 1. The number of piperazine rings is 1. The van der Waals surface area contributed by atoms with Crippen LogP contribution in [0.2, 0.25) is 0 Å². The van der Waals surface area contributed by atoms with E-state index in [9.17, 15) is 9.18 Å². The van der Waals surface area contributed by atoms with Crippen molar-refractivity contribution in [2.24, 2.45) is 5.10 Å². The van der Waals surface area contributed by atoms with E-state index in [-0.39, 0.29) is 17.8 Å². The largest absolute Gasteiger partial charge is 0.301 e. The highest BCUT2D eigenvalue weighted by Crippen LogP contribution is 2.35. The Labute approximate surface area is 184 Å². The maximum absolute atomic E-state index is 14.5. The summed E-state index contributed by atoms with van der Waals surface area (Å²) in [4.78, 5) is 17.9. The highest BCUT2D eigenvalue weighted by molar-refractivity contribution is 6.03. The Morgan fingerprint density at radius 3 is 2.45 bits per heavy atom. The lowest BCUT2D eigenvalue weighted by atomic mass is 9.94. The maximum Gasteiger partial charge on any atom is 0.257 e. The van der Waals surface area contributed by atoms with Crippen molar-refractivity contribution < 1.29 is 9.18 Å². The van der Waals surface area contributed by atoms with Crippen LogP contribution >= 0.6 is 0 Å². The number of hydrogen-bond acceptors (Lipinski definition) is 4. The Balaban J connectivity index is 1.60. The summed E-state index contributed by atoms with van der Waals surface area (Å²) in [6.07, 6.45) is 0.514. The molecule has 0 bridgehead atoms. The quantitative estimate of drug-likeness (QED) is 0.737. The average molecular weight is 423 g/mol. The molecule has 1 saturated heterocycles. The number of benzene rings is 2. The molecule has 5 nitrogen and oxygen atoms in total. The number of halogens is 1. The van der Waals surface area contributed by atoms with Crippen molar-refractivity contribution in [3.05, 3.63) is 70.5 Å². The number of rotatable bonds is 5. The number of carbonyl (C=O) groups is 1. The number of hydrogen-bond donors (Lipinski definition) is 0. The molecule has 2 aromatic carbocycles. The van der Waals surface area contributed by atoms with E-state index in [1.165, 1.54) is 11.6 Å². The zero-order valence-corrected chi connectivity index (χ0v) is 18.6. The molecule has 0 spiro atoms. The predicted octanol–water partition coefficient (Wildman–Crippen LogP) is 3.76. The molecule has 2 aliphatic heterocycles. The summed E-state index contributed by atoms with van der Waals surface area (Å²) in [7, 11) is 0. The summed E-state index contributed by atoms with van der Waals surface area (Å²) in [6, 6.07) is 12.7. The first-order chi connectivity index (χ1) is 15.0. The maximum atomic E-state index is 14.5. The second-order valence-electron chi connectivity index (χ2n) is 8.56. The number of nitrogens with zero attached hydrogens (tertiary/aromatic N) is 4. The molecule has 0 unspecified atom stereocenters. The summed E-state index contributed by atoms with van der Waals surface area (Å²) in [5.41, 5.74) is 4.49. The molecule has 2 aromatic rings. The summed E-state index contributed by atoms with van der Waals surface area (Å²) in [5.74, 6) is -0.327. The van der Waals surface area contributed by atoms with E-state index < -0.39 is 0 Å². The van der Waals surface area contributed by atoms with Crippen LogP contribution in [-0.2, 0) is 4.79 Å². The normalized spacial score (nSPS) is 20.2. The summed E-state index contributed by atoms with van der Waals surface area (Å²) < 4.78 is 14.5. The minimum Gasteiger partial charge on any atom is -0.301 e. The third-order valence-corrected chi connectivity index (χ3v) is 6.41. The lowest BCUT2D eigenvalue weighted by Crippen LogP contribution is -2.49. The van der Waals surface area contributed by atoms with Crippen LogP contribution in [0.5, 0.6) is 0 Å². The van der Waals surface area contributed by atoms with Crippen LogP contribution < -0.4 is 0 Å². The van der Waals surface area contributed by atoms with Gasteiger partial charge in [0.05, 0.1) is 18.3 Å². The average Bonchev–Trinajstić information content (AvgIpc) is 3.19. The number of aryl methyl sites for hydroxylation is 2. The molecule has 0 aromatic heterocycles. The van der Waals surface area contributed by atoms with Gasteiger partial charge in [0.25, 0.3) is 5.91 Å². The molecule has 164 valence electrons. The minimum absolute atomic E-state index is 0.0266. The zero-order chi connectivity index (χ0) is 22.0. The van der Waals surface area contributed by atoms with Gasteiger partial charge in [0.1, 0.15) is 5.82 Å². The van der Waals surface area contributed by atoms with E-state index in [1.807, 2.05) is 6.07 Å². The Morgan fingerprint density at radius 2 is 1.77 bits per heavy atom. The second-order valence-corrected chi connectivity index (χ2v) is 8.56. The van der Waals surface area contributed by atoms with Crippen LogP contribution in [0.3, 0.4) is 0 Å². The van der Waals surface area contributed by atoms with Crippen molar-refractivity contribution in [3.63, 3.8) is 0 Å². The minimum atomic E-state index is -0.300. The Bertz CT molecular complexity index is 981. The first-order valence-electron chi connectivity index (χ1n) is 11.1. The van der Waals surface area contributed by atoms with Gasteiger partial charge in [-0.15, -0.1) is 0 Å². The van der Waals surface area contributed by atoms with Crippen molar-refractivity contribution in [2.45, 2.75) is 33.2 Å². The topological polar surface area (TPSA) is 39.1 Å². The molecule has 2 heterocycles. The van der Waals surface area contributed by atoms with Crippen molar-refractivity contribution >= 4 is 11.6 Å². The van der Waals surface area contributed by atoms with Crippen LogP contribution in [0.25, 0.3) is 0 Å². The van der Waals surface area contributed by atoms with E-state index in [0.29, 0.717) is 24.2 Å². The molecule has 1 atom stereocenters. The molecule has 2 aliphatic rings. The highest BCUT2D eigenvalue weighted by Gasteiger charge is 2.35. The van der Waals surface area contributed by atoms with Gasteiger partial charge >= 0.3 is 0 Å². The Kier molecular flexibility index (Phi) is 6.49. The van der Waals surface area contributed by atoms with E-state index in [0.717, 1.165) is 43.9 Å². The van der Waals surface area contributed by atoms with E-state index >= 15 is 0 Å². The van der Waals surface area contributed by atoms with Gasteiger partial charge < -0.3 is 4.90 Å². The van der Waals surface area contributed by atoms with Crippen molar-refractivity contribution in [1.82, 2.24) is 14.8 Å². The fourth-order valence-corrected chi connectivity index (χ4v) is 4.57. The molecule has 0 N–H and O–H groups in total. The van der Waals surface area contributed by atoms with Crippen LogP contribution in [-0.4, -0.2) is 65.7 Å². The monoisotopic (exact) mass is 422 g/mol. The fraction of sp³-hybridized carbons (Fsp3) is 0.440. The van der Waals surface area contributed by atoms with E-state index in [1.54, 1.807) is 17.1 Å². The summed E-state index contributed by atoms with van der Waals surface area (Å²) in [6.45, 7) is 11.4. The molecule has 1 amide bonds. The van der Waals surface area contributed by atoms with Crippen LogP contribution in [0, 0.1) is 19.7 Å². The van der Waals surface area contributed by atoms with Gasteiger partial charge in [-0.2, -0.15) is 5.10 Å². The van der Waals surface area contributed by atoms with Gasteiger partial charge in [0.2, 0.25) is 0 Å². The molecular weight excluding hydrogens is 391 g/mol. The molecule has 31 heavy (non-hydrogen) atoms. The molecule has 4 rings (SSSR count). The number of likely N-dealkylation sites (N-methyl/N-ethyl adjacent to an activating group) is 1. The first kappa shape index (κ1) is 21.7. The molecule has 1 fully saturated rings. The Morgan fingerprint density at radius 1 is 1.06 bits per heavy atom. The fourth-order valence-electron chi connectivity index (χ4n) is 4.57. The van der Waals surface area contributed by atoms with Crippen LogP contribution in [0.15, 0.2) is 47.6 Å². The molecule has 0 saturated carbocycles. The third-order valence-electron chi connectivity index (χ3n) is 6.41. The smallest absolute Gasteiger partial charge is 0.257 e. The molecular formula is C25H31FN4O.